The highest BCUT2D eigenvalue weighted by atomic mass is 16.1. The Kier molecular flexibility index (Phi) is 5.02. The number of hydrogen-bond acceptors (Lipinski definition) is 5. The van der Waals surface area contributed by atoms with E-state index in [0.29, 0.717) is 30.0 Å². The van der Waals surface area contributed by atoms with Crippen molar-refractivity contribution >= 4 is 11.7 Å². The van der Waals surface area contributed by atoms with Gasteiger partial charge in [0.25, 0.3) is 5.91 Å². The minimum Gasteiger partial charge on any atom is -0.368 e. The number of nitrogens with zero attached hydrogens (tertiary/aromatic N) is 4. The standard InChI is InChI=1S/C18H16N6O/c19-12-14-4-3-5-15(10-14)18(25)21-7-6-20-16-11-17(23-13-22-16)24-8-1-2-9-24/h1-5,8-11,13H,6-7H2,(H,21,25)(H,20,22,23). The predicted molar refractivity (Wildman–Crippen MR) is 93.3 cm³/mol. The van der Waals surface area contributed by atoms with Gasteiger partial charge in [-0.2, -0.15) is 5.26 Å². The lowest BCUT2D eigenvalue weighted by molar-refractivity contribution is 0.0955. The quantitative estimate of drug-likeness (QED) is 0.673. The molecule has 2 aromatic heterocycles. The summed E-state index contributed by atoms with van der Waals surface area (Å²) >= 11 is 0. The third-order valence-electron chi connectivity index (χ3n) is 3.49. The molecule has 0 aliphatic heterocycles. The Balaban J connectivity index is 1.51. The average molecular weight is 332 g/mol. The van der Waals surface area contributed by atoms with Crippen LogP contribution in [0.15, 0.2) is 61.2 Å². The summed E-state index contributed by atoms with van der Waals surface area (Å²) in [7, 11) is 0. The molecule has 0 atom stereocenters. The highest BCUT2D eigenvalue weighted by molar-refractivity contribution is 5.94. The summed E-state index contributed by atoms with van der Waals surface area (Å²) in [5, 5.41) is 14.8. The van der Waals surface area contributed by atoms with Crippen LogP contribution in [-0.2, 0) is 0 Å². The van der Waals surface area contributed by atoms with Gasteiger partial charge in [0.1, 0.15) is 18.0 Å². The first kappa shape index (κ1) is 16.2. The van der Waals surface area contributed by atoms with Crippen molar-refractivity contribution in [1.82, 2.24) is 19.9 Å². The zero-order chi connectivity index (χ0) is 17.5. The SMILES string of the molecule is N#Cc1cccc(C(=O)NCCNc2cc(-n3cccc3)ncn2)c1. The van der Waals surface area contributed by atoms with E-state index in [9.17, 15) is 4.79 Å². The van der Waals surface area contributed by atoms with Gasteiger partial charge in [-0.1, -0.05) is 6.07 Å². The molecule has 1 amide bonds. The molecule has 0 bridgehead atoms. The molecule has 0 aliphatic rings. The van der Waals surface area contributed by atoms with Crippen LogP contribution in [0.3, 0.4) is 0 Å². The minimum absolute atomic E-state index is 0.213. The average Bonchev–Trinajstić information content (AvgIpc) is 3.20. The second-order valence-corrected chi connectivity index (χ2v) is 5.23. The van der Waals surface area contributed by atoms with Gasteiger partial charge in [0, 0.05) is 37.1 Å². The molecule has 1 aromatic carbocycles. The summed E-state index contributed by atoms with van der Waals surface area (Å²) in [6, 6.07) is 14.3. The normalized spacial score (nSPS) is 10.0. The maximum atomic E-state index is 12.1. The molecule has 7 nitrogen and oxygen atoms in total. The van der Waals surface area contributed by atoms with E-state index in [1.807, 2.05) is 41.2 Å². The summed E-state index contributed by atoms with van der Waals surface area (Å²) in [6.45, 7) is 0.949. The van der Waals surface area contributed by atoms with E-state index in [1.165, 1.54) is 6.33 Å². The summed E-state index contributed by atoms with van der Waals surface area (Å²) in [5.74, 6) is 1.23. The Labute approximate surface area is 145 Å². The van der Waals surface area contributed by atoms with Crippen LogP contribution >= 0.6 is 0 Å². The first-order chi connectivity index (χ1) is 12.3. The van der Waals surface area contributed by atoms with Gasteiger partial charge < -0.3 is 15.2 Å². The first-order valence-electron chi connectivity index (χ1n) is 7.74. The summed E-state index contributed by atoms with van der Waals surface area (Å²) in [5.41, 5.74) is 0.931. The van der Waals surface area contributed by atoms with Crippen molar-refractivity contribution in [2.24, 2.45) is 0 Å². The Morgan fingerprint density at radius 3 is 2.76 bits per heavy atom. The number of benzene rings is 1. The molecule has 2 heterocycles. The number of nitriles is 1. The van der Waals surface area contributed by atoms with Gasteiger partial charge >= 0.3 is 0 Å². The van der Waals surface area contributed by atoms with Crippen LogP contribution in [0.2, 0.25) is 0 Å². The molecular formula is C18H16N6O. The lowest BCUT2D eigenvalue weighted by Gasteiger charge is -2.09. The van der Waals surface area contributed by atoms with Crippen LogP contribution in [0.1, 0.15) is 15.9 Å². The molecule has 0 unspecified atom stereocenters. The van der Waals surface area contributed by atoms with E-state index in [0.717, 1.165) is 5.82 Å². The maximum Gasteiger partial charge on any atom is 0.251 e. The van der Waals surface area contributed by atoms with Crippen LogP contribution in [0.4, 0.5) is 5.82 Å². The molecule has 0 saturated heterocycles. The highest BCUT2D eigenvalue weighted by Crippen LogP contribution is 2.08. The summed E-state index contributed by atoms with van der Waals surface area (Å²) in [4.78, 5) is 20.4. The molecule has 124 valence electrons. The van der Waals surface area contributed by atoms with Gasteiger partial charge in [0.15, 0.2) is 0 Å². The molecule has 3 aromatic rings. The van der Waals surface area contributed by atoms with Crippen LogP contribution in [0.5, 0.6) is 0 Å². The second-order valence-electron chi connectivity index (χ2n) is 5.23. The predicted octanol–water partition coefficient (Wildman–Crippen LogP) is 1.98. The van der Waals surface area contributed by atoms with E-state index in [2.05, 4.69) is 20.6 Å². The fraction of sp³-hybridized carbons (Fsp3) is 0.111. The van der Waals surface area contributed by atoms with Crippen molar-refractivity contribution in [3.8, 4) is 11.9 Å². The second kappa shape index (κ2) is 7.75. The number of aromatic nitrogens is 3. The van der Waals surface area contributed by atoms with Crippen LogP contribution in [0.25, 0.3) is 5.82 Å². The van der Waals surface area contributed by atoms with Gasteiger partial charge in [-0.25, -0.2) is 9.97 Å². The van der Waals surface area contributed by atoms with E-state index < -0.39 is 0 Å². The van der Waals surface area contributed by atoms with E-state index in [-0.39, 0.29) is 5.91 Å². The fourth-order valence-corrected chi connectivity index (χ4v) is 2.27. The van der Waals surface area contributed by atoms with Crippen molar-refractivity contribution in [2.75, 3.05) is 18.4 Å². The molecule has 0 fully saturated rings. The number of hydrogen-bond donors (Lipinski definition) is 2. The smallest absolute Gasteiger partial charge is 0.251 e. The number of nitrogens with one attached hydrogen (secondary N) is 2. The summed E-state index contributed by atoms with van der Waals surface area (Å²) < 4.78 is 1.89. The molecule has 2 N–H and O–H groups in total. The number of rotatable bonds is 6. The van der Waals surface area contributed by atoms with Crippen LogP contribution in [0, 0.1) is 11.3 Å². The number of carbonyl (C=O) groups excluding carboxylic acids is 1. The third kappa shape index (κ3) is 4.20. The molecule has 3 rings (SSSR count). The number of amides is 1. The molecule has 25 heavy (non-hydrogen) atoms. The molecule has 0 spiro atoms. The van der Waals surface area contributed by atoms with Gasteiger partial charge in [-0.15, -0.1) is 0 Å². The topological polar surface area (TPSA) is 95.6 Å². The molecule has 0 saturated carbocycles. The van der Waals surface area contributed by atoms with Gasteiger partial charge in [0.05, 0.1) is 11.6 Å². The van der Waals surface area contributed by atoms with Crippen molar-refractivity contribution in [1.29, 1.82) is 5.26 Å². The van der Waals surface area contributed by atoms with Gasteiger partial charge in [-0.05, 0) is 30.3 Å². The van der Waals surface area contributed by atoms with Crippen molar-refractivity contribution < 1.29 is 4.79 Å². The van der Waals surface area contributed by atoms with Crippen molar-refractivity contribution in [3.63, 3.8) is 0 Å². The Morgan fingerprint density at radius 1 is 1.12 bits per heavy atom. The largest absolute Gasteiger partial charge is 0.368 e. The number of anilines is 1. The van der Waals surface area contributed by atoms with E-state index >= 15 is 0 Å². The van der Waals surface area contributed by atoms with Crippen LogP contribution in [-0.4, -0.2) is 33.5 Å². The minimum atomic E-state index is -0.213. The Bertz CT molecular complexity index is 898. The van der Waals surface area contributed by atoms with Gasteiger partial charge in [0.2, 0.25) is 0 Å². The maximum absolute atomic E-state index is 12.1. The zero-order valence-corrected chi connectivity index (χ0v) is 13.4. The van der Waals surface area contributed by atoms with Crippen LogP contribution < -0.4 is 10.6 Å². The number of carbonyl (C=O) groups is 1. The molecule has 0 aliphatic carbocycles. The monoisotopic (exact) mass is 332 g/mol. The Morgan fingerprint density at radius 2 is 1.96 bits per heavy atom. The molecule has 7 heteroatoms. The van der Waals surface area contributed by atoms with Crippen molar-refractivity contribution in [3.05, 3.63) is 72.3 Å². The van der Waals surface area contributed by atoms with E-state index in [1.54, 1.807) is 24.3 Å². The van der Waals surface area contributed by atoms with E-state index in [4.69, 9.17) is 5.26 Å². The molecule has 0 radical (unpaired) electrons. The highest BCUT2D eigenvalue weighted by Gasteiger charge is 2.05. The summed E-state index contributed by atoms with van der Waals surface area (Å²) in [6.07, 6.45) is 5.30. The molecular weight excluding hydrogens is 316 g/mol. The lowest BCUT2D eigenvalue weighted by atomic mass is 10.1. The lowest BCUT2D eigenvalue weighted by Crippen LogP contribution is -2.28. The Hall–Kier alpha value is -3.66. The fourth-order valence-electron chi connectivity index (χ4n) is 2.27. The van der Waals surface area contributed by atoms with Crippen molar-refractivity contribution in [2.45, 2.75) is 0 Å². The first-order valence-corrected chi connectivity index (χ1v) is 7.74. The zero-order valence-electron chi connectivity index (χ0n) is 13.4. The third-order valence-corrected chi connectivity index (χ3v) is 3.49. The van der Waals surface area contributed by atoms with Gasteiger partial charge in [-0.3, -0.25) is 4.79 Å².